The van der Waals surface area contributed by atoms with Gasteiger partial charge in [-0.3, -0.25) is 0 Å². The Balaban J connectivity index is 2.64. The number of anilines is 1. The minimum absolute atomic E-state index is 0.432. The third kappa shape index (κ3) is 2.49. The lowest BCUT2D eigenvalue weighted by molar-refractivity contribution is 1.21. The lowest BCUT2D eigenvalue weighted by Gasteiger charge is -2.09. The highest BCUT2D eigenvalue weighted by Gasteiger charge is 2.10. The van der Waals surface area contributed by atoms with Gasteiger partial charge in [0.1, 0.15) is 5.82 Å². The fourth-order valence-corrected chi connectivity index (χ4v) is 2.24. The van der Waals surface area contributed by atoms with Crippen molar-refractivity contribution in [2.24, 2.45) is 0 Å². The molecule has 2 rings (SSSR count). The summed E-state index contributed by atoms with van der Waals surface area (Å²) in [5, 5.41) is 1.43. The van der Waals surface area contributed by atoms with E-state index in [0.717, 1.165) is 16.8 Å². The molecule has 2 N–H and O–H groups in total. The summed E-state index contributed by atoms with van der Waals surface area (Å²) in [7, 11) is 0. The standard InChI is InChI=1S/C12H9Cl3N2/c1-6-7(2-3-12(16)17-6)8-4-10(14)11(15)5-9(8)13/h2-5H,1H3,(H2,16,17). The van der Waals surface area contributed by atoms with E-state index in [-0.39, 0.29) is 0 Å². The summed E-state index contributed by atoms with van der Waals surface area (Å²) in [6, 6.07) is 6.94. The number of halogens is 3. The highest BCUT2D eigenvalue weighted by molar-refractivity contribution is 6.44. The fraction of sp³-hybridized carbons (Fsp3) is 0.0833. The van der Waals surface area contributed by atoms with Crippen LogP contribution in [0.4, 0.5) is 5.82 Å². The minimum Gasteiger partial charge on any atom is -0.384 e. The molecule has 5 heteroatoms. The fourth-order valence-electron chi connectivity index (χ4n) is 1.59. The number of benzene rings is 1. The molecule has 1 aromatic carbocycles. The predicted molar refractivity (Wildman–Crippen MR) is 73.9 cm³/mol. The molecule has 0 aliphatic carbocycles. The zero-order chi connectivity index (χ0) is 12.6. The van der Waals surface area contributed by atoms with E-state index in [0.29, 0.717) is 20.9 Å². The second-order valence-electron chi connectivity index (χ2n) is 3.62. The van der Waals surface area contributed by atoms with Gasteiger partial charge in [0, 0.05) is 16.8 Å². The number of hydrogen-bond acceptors (Lipinski definition) is 2. The number of pyridine rings is 1. The summed E-state index contributed by atoms with van der Waals surface area (Å²) < 4.78 is 0. The molecular weight excluding hydrogens is 279 g/mol. The smallest absolute Gasteiger partial charge is 0.123 e. The lowest BCUT2D eigenvalue weighted by Crippen LogP contribution is -1.94. The Labute approximate surface area is 114 Å². The maximum absolute atomic E-state index is 6.15. The Kier molecular flexibility index (Phi) is 3.48. The van der Waals surface area contributed by atoms with Crippen molar-refractivity contribution in [1.29, 1.82) is 0 Å². The Morgan fingerprint density at radius 2 is 1.59 bits per heavy atom. The highest BCUT2D eigenvalue weighted by Crippen LogP contribution is 2.36. The first-order valence-corrected chi connectivity index (χ1v) is 6.00. The van der Waals surface area contributed by atoms with Gasteiger partial charge in [0.05, 0.1) is 15.1 Å². The third-order valence-electron chi connectivity index (χ3n) is 2.41. The van der Waals surface area contributed by atoms with Crippen LogP contribution in [0.5, 0.6) is 0 Å². The number of nitrogen functional groups attached to an aromatic ring is 1. The van der Waals surface area contributed by atoms with Gasteiger partial charge in [0.2, 0.25) is 0 Å². The first-order valence-electron chi connectivity index (χ1n) is 4.87. The molecule has 0 radical (unpaired) electrons. The van der Waals surface area contributed by atoms with E-state index in [1.54, 1.807) is 18.2 Å². The van der Waals surface area contributed by atoms with Gasteiger partial charge in [0.25, 0.3) is 0 Å². The molecule has 2 aromatic rings. The van der Waals surface area contributed by atoms with Crippen molar-refractivity contribution in [3.8, 4) is 11.1 Å². The lowest BCUT2D eigenvalue weighted by atomic mass is 10.0. The average Bonchev–Trinajstić information content (AvgIpc) is 2.24. The summed E-state index contributed by atoms with van der Waals surface area (Å²) in [5.41, 5.74) is 8.09. The predicted octanol–water partition coefficient (Wildman–Crippen LogP) is 4.60. The minimum atomic E-state index is 0.432. The van der Waals surface area contributed by atoms with Crippen LogP contribution in [0.3, 0.4) is 0 Å². The molecule has 17 heavy (non-hydrogen) atoms. The van der Waals surface area contributed by atoms with Gasteiger partial charge < -0.3 is 5.73 Å². The van der Waals surface area contributed by atoms with E-state index >= 15 is 0 Å². The summed E-state index contributed by atoms with van der Waals surface area (Å²) in [5.74, 6) is 0.474. The maximum Gasteiger partial charge on any atom is 0.123 e. The van der Waals surface area contributed by atoms with Gasteiger partial charge in [-0.2, -0.15) is 0 Å². The first-order chi connectivity index (χ1) is 7.99. The Bertz CT molecular complexity index is 582. The SMILES string of the molecule is Cc1nc(N)ccc1-c1cc(Cl)c(Cl)cc1Cl. The molecule has 0 bridgehead atoms. The van der Waals surface area contributed by atoms with E-state index in [2.05, 4.69) is 4.98 Å². The van der Waals surface area contributed by atoms with Crippen molar-refractivity contribution in [3.63, 3.8) is 0 Å². The molecule has 88 valence electrons. The van der Waals surface area contributed by atoms with Crippen LogP contribution in [0.1, 0.15) is 5.69 Å². The van der Waals surface area contributed by atoms with E-state index < -0.39 is 0 Å². The molecule has 0 amide bonds. The zero-order valence-corrected chi connectivity index (χ0v) is 11.2. The van der Waals surface area contributed by atoms with Crippen LogP contribution in [0, 0.1) is 6.92 Å². The molecule has 0 saturated carbocycles. The molecule has 2 nitrogen and oxygen atoms in total. The summed E-state index contributed by atoms with van der Waals surface area (Å²) >= 11 is 18.0. The molecule has 0 saturated heterocycles. The topological polar surface area (TPSA) is 38.9 Å². The van der Waals surface area contributed by atoms with Gasteiger partial charge in [-0.05, 0) is 31.2 Å². The molecule has 0 unspecified atom stereocenters. The largest absolute Gasteiger partial charge is 0.384 e. The van der Waals surface area contributed by atoms with E-state index in [9.17, 15) is 0 Å². The van der Waals surface area contributed by atoms with Gasteiger partial charge in [0.15, 0.2) is 0 Å². The first kappa shape index (κ1) is 12.5. The van der Waals surface area contributed by atoms with Crippen LogP contribution in [-0.2, 0) is 0 Å². The van der Waals surface area contributed by atoms with Crippen LogP contribution in [0.2, 0.25) is 15.1 Å². The van der Waals surface area contributed by atoms with Crippen molar-refractivity contribution in [2.45, 2.75) is 6.92 Å². The van der Waals surface area contributed by atoms with Crippen molar-refractivity contribution in [2.75, 3.05) is 5.73 Å². The molecule has 0 aliphatic heterocycles. The molecule has 0 spiro atoms. The number of rotatable bonds is 1. The summed E-state index contributed by atoms with van der Waals surface area (Å²) in [4.78, 5) is 4.19. The molecule has 0 aliphatic rings. The van der Waals surface area contributed by atoms with Gasteiger partial charge >= 0.3 is 0 Å². The Morgan fingerprint density at radius 3 is 2.24 bits per heavy atom. The second-order valence-corrected chi connectivity index (χ2v) is 4.84. The number of nitrogens with zero attached hydrogens (tertiary/aromatic N) is 1. The molecule has 0 atom stereocenters. The molecule has 0 fully saturated rings. The second kappa shape index (κ2) is 4.73. The zero-order valence-electron chi connectivity index (χ0n) is 8.97. The normalized spacial score (nSPS) is 10.6. The number of nitrogens with two attached hydrogens (primary N) is 1. The number of aromatic nitrogens is 1. The number of aryl methyl sites for hydroxylation is 1. The van der Waals surface area contributed by atoms with Crippen molar-refractivity contribution >= 4 is 40.6 Å². The van der Waals surface area contributed by atoms with Crippen LogP contribution < -0.4 is 5.73 Å². The monoisotopic (exact) mass is 286 g/mol. The molecule has 1 aromatic heterocycles. The van der Waals surface area contributed by atoms with E-state index in [4.69, 9.17) is 40.5 Å². The van der Waals surface area contributed by atoms with Crippen molar-refractivity contribution < 1.29 is 0 Å². The van der Waals surface area contributed by atoms with Crippen LogP contribution in [-0.4, -0.2) is 4.98 Å². The van der Waals surface area contributed by atoms with Gasteiger partial charge in [-0.15, -0.1) is 0 Å². The quantitative estimate of drug-likeness (QED) is 0.779. The van der Waals surface area contributed by atoms with Crippen LogP contribution >= 0.6 is 34.8 Å². The number of hydrogen-bond donors (Lipinski definition) is 1. The summed E-state index contributed by atoms with van der Waals surface area (Å²) in [6.45, 7) is 1.87. The van der Waals surface area contributed by atoms with Crippen LogP contribution in [0.15, 0.2) is 24.3 Å². The highest BCUT2D eigenvalue weighted by atomic mass is 35.5. The van der Waals surface area contributed by atoms with Crippen molar-refractivity contribution in [1.82, 2.24) is 4.98 Å². The Hall–Kier alpha value is -0.960. The van der Waals surface area contributed by atoms with Crippen molar-refractivity contribution in [3.05, 3.63) is 45.0 Å². The van der Waals surface area contributed by atoms with Crippen LogP contribution in [0.25, 0.3) is 11.1 Å². The molecular formula is C12H9Cl3N2. The van der Waals surface area contributed by atoms with E-state index in [1.165, 1.54) is 0 Å². The average molecular weight is 288 g/mol. The third-order valence-corrected chi connectivity index (χ3v) is 3.44. The molecule has 1 heterocycles. The van der Waals surface area contributed by atoms with Gasteiger partial charge in [-0.25, -0.2) is 4.98 Å². The van der Waals surface area contributed by atoms with Gasteiger partial charge in [-0.1, -0.05) is 34.8 Å². The Morgan fingerprint density at radius 1 is 0.941 bits per heavy atom. The summed E-state index contributed by atoms with van der Waals surface area (Å²) in [6.07, 6.45) is 0. The maximum atomic E-state index is 6.15. The van der Waals surface area contributed by atoms with E-state index in [1.807, 2.05) is 13.0 Å².